The zero-order chi connectivity index (χ0) is 30.0. The number of hydrogen-bond donors (Lipinski definition) is 2. The maximum Gasteiger partial charge on any atom is 0.174 e. The summed E-state index contributed by atoms with van der Waals surface area (Å²) in [5.41, 5.74) is 8.70. The van der Waals surface area contributed by atoms with Crippen LogP contribution in [0.5, 0.6) is 5.75 Å². The fourth-order valence-corrected chi connectivity index (χ4v) is 8.50. The molecule has 1 saturated carbocycles. The lowest BCUT2D eigenvalue weighted by atomic mass is 9.70. The molecular formula is C37H48N2O5. The summed E-state index contributed by atoms with van der Waals surface area (Å²) < 4.78 is 17.6. The number of methoxy groups -OCH3 is 1. The van der Waals surface area contributed by atoms with Gasteiger partial charge in [0.05, 0.1) is 25.4 Å². The van der Waals surface area contributed by atoms with Gasteiger partial charge in [0.15, 0.2) is 6.29 Å². The molecule has 3 aliphatic heterocycles. The van der Waals surface area contributed by atoms with E-state index in [1.54, 1.807) is 7.11 Å². The molecule has 0 amide bonds. The van der Waals surface area contributed by atoms with Gasteiger partial charge in [-0.05, 0) is 83.2 Å². The lowest BCUT2D eigenvalue weighted by Crippen LogP contribution is -2.39. The normalized spacial score (nSPS) is 28.0. The average Bonchev–Trinajstić information content (AvgIpc) is 3.28. The van der Waals surface area contributed by atoms with Gasteiger partial charge in [-0.1, -0.05) is 49.6 Å². The maximum absolute atomic E-state index is 10.2. The summed E-state index contributed by atoms with van der Waals surface area (Å²) in [6.45, 7) is 5.85. The number of benzene rings is 1. The number of nitrogens with zero attached hydrogens (tertiary/aromatic N) is 2. The van der Waals surface area contributed by atoms with E-state index in [1.165, 1.54) is 65.7 Å². The average molecular weight is 601 g/mol. The van der Waals surface area contributed by atoms with Crippen LogP contribution in [0, 0.1) is 11.8 Å². The van der Waals surface area contributed by atoms with Crippen molar-refractivity contribution in [1.29, 1.82) is 0 Å². The molecular weight excluding hydrogens is 552 g/mol. The molecule has 0 spiro atoms. The summed E-state index contributed by atoms with van der Waals surface area (Å²) in [6.07, 6.45) is 16.8. The smallest absolute Gasteiger partial charge is 0.174 e. The third kappa shape index (κ3) is 6.10. The molecule has 2 fully saturated rings. The summed E-state index contributed by atoms with van der Waals surface area (Å²) >= 11 is 0. The zero-order valence-corrected chi connectivity index (χ0v) is 26.1. The van der Waals surface area contributed by atoms with E-state index in [9.17, 15) is 10.2 Å². The van der Waals surface area contributed by atoms with E-state index in [0.29, 0.717) is 18.4 Å². The van der Waals surface area contributed by atoms with Gasteiger partial charge < -0.3 is 29.3 Å². The highest BCUT2D eigenvalue weighted by molar-refractivity contribution is 5.73. The topological polar surface area (TPSA) is 74.6 Å². The van der Waals surface area contributed by atoms with Crippen LogP contribution in [-0.2, 0) is 9.47 Å². The number of ether oxygens (including phenoxy) is 3. The number of rotatable bonds is 8. The molecule has 1 aromatic carbocycles. The number of morpholine rings is 1. The molecule has 3 aliphatic carbocycles. The van der Waals surface area contributed by atoms with Crippen LogP contribution in [0.25, 0.3) is 5.57 Å². The van der Waals surface area contributed by atoms with Crippen LogP contribution < -0.4 is 4.74 Å². The van der Waals surface area contributed by atoms with Gasteiger partial charge >= 0.3 is 0 Å². The molecule has 3 heterocycles. The van der Waals surface area contributed by atoms with Crippen LogP contribution in [0.1, 0.15) is 56.9 Å². The van der Waals surface area contributed by atoms with Gasteiger partial charge in [-0.25, -0.2) is 0 Å². The van der Waals surface area contributed by atoms with Crippen molar-refractivity contribution in [2.45, 2.75) is 69.8 Å². The molecule has 0 bridgehead atoms. The van der Waals surface area contributed by atoms with E-state index in [2.05, 4.69) is 58.4 Å². The lowest BCUT2D eigenvalue weighted by molar-refractivity contribution is -0.0106. The van der Waals surface area contributed by atoms with Crippen molar-refractivity contribution in [3.05, 3.63) is 82.1 Å². The minimum Gasteiger partial charge on any atom is -0.492 e. The molecule has 3 unspecified atom stereocenters. The van der Waals surface area contributed by atoms with Gasteiger partial charge in [0.2, 0.25) is 0 Å². The molecule has 1 aromatic rings. The van der Waals surface area contributed by atoms with Crippen LogP contribution in [0.15, 0.2) is 76.6 Å². The number of hydrogen-bond acceptors (Lipinski definition) is 7. The Morgan fingerprint density at radius 3 is 2.68 bits per heavy atom. The van der Waals surface area contributed by atoms with Gasteiger partial charge in [0.25, 0.3) is 0 Å². The van der Waals surface area contributed by atoms with E-state index >= 15 is 0 Å². The van der Waals surface area contributed by atoms with Crippen molar-refractivity contribution in [3.63, 3.8) is 0 Å². The van der Waals surface area contributed by atoms with Crippen LogP contribution in [0.4, 0.5) is 0 Å². The van der Waals surface area contributed by atoms with Gasteiger partial charge in [0.1, 0.15) is 12.4 Å². The summed E-state index contributed by atoms with van der Waals surface area (Å²) in [7, 11) is 1.80. The molecule has 1 saturated heterocycles. The molecule has 7 rings (SSSR count). The fourth-order valence-electron chi connectivity index (χ4n) is 8.50. The van der Waals surface area contributed by atoms with E-state index in [4.69, 9.17) is 14.2 Å². The Balaban J connectivity index is 1.23. The monoisotopic (exact) mass is 600 g/mol. The highest BCUT2D eigenvalue weighted by atomic mass is 16.5. The molecule has 7 heteroatoms. The quantitative estimate of drug-likeness (QED) is 0.396. The van der Waals surface area contributed by atoms with Gasteiger partial charge in [-0.15, -0.1) is 0 Å². The van der Waals surface area contributed by atoms with E-state index in [0.717, 1.165) is 70.0 Å². The first-order valence-electron chi connectivity index (χ1n) is 16.8. The number of fused-ring (bicyclic) bond motifs is 3. The summed E-state index contributed by atoms with van der Waals surface area (Å²) in [5.74, 6) is 2.01. The van der Waals surface area contributed by atoms with E-state index in [-0.39, 0.29) is 12.1 Å². The fraction of sp³-hybridized carbons (Fsp3) is 0.568. The second-order valence-electron chi connectivity index (χ2n) is 13.3. The second-order valence-corrected chi connectivity index (χ2v) is 13.3. The predicted octanol–water partition coefficient (Wildman–Crippen LogP) is 5.23. The third-order valence-electron chi connectivity index (χ3n) is 10.8. The van der Waals surface area contributed by atoms with Crippen molar-refractivity contribution in [2.24, 2.45) is 11.8 Å². The van der Waals surface area contributed by atoms with Gasteiger partial charge in [0, 0.05) is 51.3 Å². The second kappa shape index (κ2) is 13.4. The molecule has 0 radical (unpaired) electrons. The summed E-state index contributed by atoms with van der Waals surface area (Å²) in [4.78, 5) is 5.00. The molecule has 3 atom stereocenters. The standard InChI is InChI=1S/C37H48N2O5/c1-42-30-11-13-32-28(22-30)20-29(26-8-5-9-31(21-26)44-19-16-38-14-17-43-18-15-38)24-39-34-23-27(37(40)41)10-12-33(34)35(36(32)39)25-6-3-2-4-7-25/h5,8-9,11,13,20-21,23,25,30,35-37,40-41H,2-4,6-7,10,12,14-19,22,24H2,1H3. The molecule has 7 nitrogen and oxygen atoms in total. The lowest BCUT2D eigenvalue weighted by Gasteiger charge is -2.38. The Morgan fingerprint density at radius 1 is 1.05 bits per heavy atom. The molecule has 0 aromatic heterocycles. The minimum atomic E-state index is -1.41. The highest BCUT2D eigenvalue weighted by Crippen LogP contribution is 2.53. The first-order valence-corrected chi connectivity index (χ1v) is 16.8. The first-order chi connectivity index (χ1) is 21.6. The van der Waals surface area contributed by atoms with Crippen molar-refractivity contribution in [2.75, 3.05) is 53.1 Å². The third-order valence-corrected chi connectivity index (χ3v) is 10.8. The van der Waals surface area contributed by atoms with E-state index < -0.39 is 6.29 Å². The van der Waals surface area contributed by atoms with E-state index in [1.807, 2.05) is 0 Å². The Morgan fingerprint density at radius 2 is 1.89 bits per heavy atom. The summed E-state index contributed by atoms with van der Waals surface area (Å²) in [5, 5.41) is 20.4. The van der Waals surface area contributed by atoms with Crippen LogP contribution in [0.3, 0.4) is 0 Å². The maximum atomic E-state index is 10.2. The predicted molar refractivity (Wildman–Crippen MR) is 172 cm³/mol. The Kier molecular flexibility index (Phi) is 9.11. The van der Waals surface area contributed by atoms with Crippen LogP contribution in [0.2, 0.25) is 0 Å². The first kappa shape index (κ1) is 30.0. The van der Waals surface area contributed by atoms with Crippen LogP contribution >= 0.6 is 0 Å². The van der Waals surface area contributed by atoms with Gasteiger partial charge in [-0.2, -0.15) is 0 Å². The number of aliphatic hydroxyl groups excluding tert-OH is 1. The van der Waals surface area contributed by atoms with Gasteiger partial charge in [-0.3, -0.25) is 4.90 Å². The zero-order valence-electron chi connectivity index (χ0n) is 26.1. The Labute approximate surface area is 262 Å². The number of allylic oxidation sites excluding steroid dienone is 2. The molecule has 6 aliphatic rings. The molecule has 2 N–H and O–H groups in total. The highest BCUT2D eigenvalue weighted by Gasteiger charge is 2.47. The van der Waals surface area contributed by atoms with Crippen LogP contribution in [-0.4, -0.2) is 91.6 Å². The van der Waals surface area contributed by atoms with Crippen molar-refractivity contribution < 1.29 is 24.4 Å². The largest absolute Gasteiger partial charge is 0.492 e. The summed E-state index contributed by atoms with van der Waals surface area (Å²) in [6, 6.07) is 8.82. The van der Waals surface area contributed by atoms with Crippen molar-refractivity contribution in [1.82, 2.24) is 9.80 Å². The Bertz CT molecular complexity index is 1360. The molecule has 236 valence electrons. The molecule has 44 heavy (non-hydrogen) atoms. The van der Waals surface area contributed by atoms with Crippen molar-refractivity contribution in [3.8, 4) is 5.75 Å². The minimum absolute atomic E-state index is 0.0702. The number of aliphatic hydroxyl groups is 2. The Hall–Kier alpha value is -2.68. The van der Waals surface area contributed by atoms with Crippen molar-refractivity contribution >= 4 is 5.57 Å². The SMILES string of the molecule is COC1C=CC2=C(C=C(c3cccc(OCCN4CCOCC4)c3)CN3C4=C(CCC(C(O)O)=C4)C(C4CCCCC4)C23)C1.